The zero-order valence-electron chi connectivity index (χ0n) is 9.26. The number of halogens is 2. The fourth-order valence-electron chi connectivity index (χ4n) is 1.65. The highest BCUT2D eigenvalue weighted by atomic mass is 79.9. The van der Waals surface area contributed by atoms with Gasteiger partial charge in [-0.05, 0) is 29.5 Å². The van der Waals surface area contributed by atoms with Gasteiger partial charge in [0.05, 0.1) is 6.42 Å². The molecular weight excluding hydrogens is 275 g/mol. The highest BCUT2D eigenvalue weighted by molar-refractivity contribution is 9.10. The predicted molar refractivity (Wildman–Crippen MR) is 63.8 cm³/mol. The van der Waals surface area contributed by atoms with E-state index < -0.39 is 5.97 Å². The standard InChI is InChI=1S/C12H14BrFO2/c1-12(2,7-11(15)16)6-8-3-4-9(14)5-10(8)13/h3-5H,6-7H2,1-2H3,(H,15,16). The molecule has 0 saturated heterocycles. The molecule has 2 nitrogen and oxygen atoms in total. The molecule has 88 valence electrons. The molecule has 0 spiro atoms. The third kappa shape index (κ3) is 3.93. The SMILES string of the molecule is CC(C)(CC(=O)O)Cc1ccc(F)cc1Br. The molecule has 1 N–H and O–H groups in total. The van der Waals surface area contributed by atoms with Crippen molar-refractivity contribution in [2.75, 3.05) is 0 Å². The third-order valence-corrected chi connectivity index (χ3v) is 3.05. The van der Waals surface area contributed by atoms with E-state index in [1.54, 1.807) is 6.07 Å². The van der Waals surface area contributed by atoms with Crippen LogP contribution in [0.25, 0.3) is 0 Å². The molecule has 0 aliphatic heterocycles. The van der Waals surface area contributed by atoms with Crippen LogP contribution in [0.4, 0.5) is 4.39 Å². The van der Waals surface area contributed by atoms with Crippen LogP contribution in [0.3, 0.4) is 0 Å². The number of carboxylic acids is 1. The van der Waals surface area contributed by atoms with E-state index in [-0.39, 0.29) is 17.7 Å². The average molecular weight is 289 g/mol. The first-order valence-corrected chi connectivity index (χ1v) is 5.75. The van der Waals surface area contributed by atoms with Gasteiger partial charge in [0.1, 0.15) is 5.82 Å². The topological polar surface area (TPSA) is 37.3 Å². The Kier molecular flexibility index (Phi) is 4.08. The van der Waals surface area contributed by atoms with Crippen molar-refractivity contribution in [1.29, 1.82) is 0 Å². The van der Waals surface area contributed by atoms with Gasteiger partial charge >= 0.3 is 5.97 Å². The third-order valence-electron chi connectivity index (χ3n) is 2.31. The second-order valence-corrected chi connectivity index (χ2v) is 5.50. The van der Waals surface area contributed by atoms with Crippen molar-refractivity contribution in [2.45, 2.75) is 26.7 Å². The Morgan fingerprint density at radius 3 is 2.62 bits per heavy atom. The molecule has 1 rings (SSSR count). The first-order valence-electron chi connectivity index (χ1n) is 4.96. The maximum atomic E-state index is 12.9. The quantitative estimate of drug-likeness (QED) is 0.919. The number of aliphatic carboxylic acids is 1. The minimum absolute atomic E-state index is 0.0941. The van der Waals surface area contributed by atoms with E-state index in [0.717, 1.165) is 5.56 Å². The number of rotatable bonds is 4. The van der Waals surface area contributed by atoms with Crippen molar-refractivity contribution in [3.05, 3.63) is 34.1 Å². The second kappa shape index (κ2) is 4.95. The summed E-state index contributed by atoms with van der Waals surface area (Å²) in [5.74, 6) is -1.12. The summed E-state index contributed by atoms with van der Waals surface area (Å²) in [6.07, 6.45) is 0.691. The van der Waals surface area contributed by atoms with Crippen molar-refractivity contribution in [3.63, 3.8) is 0 Å². The maximum absolute atomic E-state index is 12.9. The lowest BCUT2D eigenvalue weighted by molar-refractivity contribution is -0.139. The van der Waals surface area contributed by atoms with Crippen molar-refractivity contribution in [1.82, 2.24) is 0 Å². The van der Waals surface area contributed by atoms with E-state index in [1.807, 2.05) is 13.8 Å². The van der Waals surface area contributed by atoms with E-state index in [9.17, 15) is 9.18 Å². The van der Waals surface area contributed by atoms with Crippen LogP contribution in [0.15, 0.2) is 22.7 Å². The second-order valence-electron chi connectivity index (χ2n) is 4.65. The molecule has 1 aromatic carbocycles. The van der Waals surface area contributed by atoms with Crippen LogP contribution >= 0.6 is 15.9 Å². The molecule has 0 fully saturated rings. The molecular formula is C12H14BrFO2. The molecule has 0 aliphatic rings. The number of hydrogen-bond donors (Lipinski definition) is 1. The largest absolute Gasteiger partial charge is 0.481 e. The van der Waals surface area contributed by atoms with Crippen LogP contribution in [0.5, 0.6) is 0 Å². The van der Waals surface area contributed by atoms with Gasteiger partial charge in [0, 0.05) is 4.47 Å². The lowest BCUT2D eigenvalue weighted by Crippen LogP contribution is -2.19. The van der Waals surface area contributed by atoms with Crippen molar-refractivity contribution < 1.29 is 14.3 Å². The maximum Gasteiger partial charge on any atom is 0.303 e. The molecule has 0 bridgehead atoms. The summed E-state index contributed by atoms with van der Waals surface area (Å²) in [7, 11) is 0. The van der Waals surface area contributed by atoms with Crippen molar-refractivity contribution in [3.8, 4) is 0 Å². The van der Waals surface area contributed by atoms with E-state index >= 15 is 0 Å². The van der Waals surface area contributed by atoms with Crippen LogP contribution in [0.2, 0.25) is 0 Å². The Morgan fingerprint density at radius 1 is 1.50 bits per heavy atom. The highest BCUT2D eigenvalue weighted by Gasteiger charge is 2.23. The van der Waals surface area contributed by atoms with Gasteiger partial charge in [-0.15, -0.1) is 0 Å². The Morgan fingerprint density at radius 2 is 2.12 bits per heavy atom. The van der Waals surface area contributed by atoms with Gasteiger partial charge in [0.2, 0.25) is 0 Å². The van der Waals surface area contributed by atoms with E-state index in [2.05, 4.69) is 15.9 Å². The molecule has 0 atom stereocenters. The van der Waals surface area contributed by atoms with Crippen molar-refractivity contribution in [2.24, 2.45) is 5.41 Å². The number of benzene rings is 1. The molecule has 4 heteroatoms. The molecule has 0 saturated carbocycles. The van der Waals surface area contributed by atoms with Gasteiger partial charge in [-0.25, -0.2) is 4.39 Å². The number of carbonyl (C=O) groups is 1. The van der Waals surface area contributed by atoms with Crippen LogP contribution in [0.1, 0.15) is 25.8 Å². The normalized spacial score (nSPS) is 11.5. The summed E-state index contributed by atoms with van der Waals surface area (Å²) in [6.45, 7) is 3.77. The lowest BCUT2D eigenvalue weighted by atomic mass is 9.83. The average Bonchev–Trinajstić information content (AvgIpc) is 2.07. The lowest BCUT2D eigenvalue weighted by Gasteiger charge is -2.23. The summed E-state index contributed by atoms with van der Waals surface area (Å²) < 4.78 is 13.6. The Labute approximate surface area is 103 Å². The zero-order valence-corrected chi connectivity index (χ0v) is 10.8. The molecule has 16 heavy (non-hydrogen) atoms. The number of hydrogen-bond acceptors (Lipinski definition) is 1. The summed E-state index contributed by atoms with van der Waals surface area (Å²) in [5.41, 5.74) is 0.583. The molecule has 0 radical (unpaired) electrons. The molecule has 0 amide bonds. The van der Waals surface area contributed by atoms with Crippen LogP contribution in [-0.2, 0) is 11.2 Å². The Balaban J connectivity index is 2.83. The van der Waals surface area contributed by atoms with Gasteiger partial charge in [-0.1, -0.05) is 35.8 Å². The van der Waals surface area contributed by atoms with Gasteiger partial charge in [0.25, 0.3) is 0 Å². The number of carboxylic acid groups (broad SMARTS) is 1. The Hall–Kier alpha value is -0.900. The van der Waals surface area contributed by atoms with E-state index in [4.69, 9.17) is 5.11 Å². The first-order chi connectivity index (χ1) is 7.30. The minimum Gasteiger partial charge on any atom is -0.481 e. The zero-order chi connectivity index (χ0) is 12.3. The van der Waals surface area contributed by atoms with Crippen LogP contribution < -0.4 is 0 Å². The summed E-state index contributed by atoms with van der Waals surface area (Å²) in [5, 5.41) is 8.77. The fraction of sp³-hybridized carbons (Fsp3) is 0.417. The molecule has 0 aliphatic carbocycles. The van der Waals surface area contributed by atoms with E-state index in [0.29, 0.717) is 10.9 Å². The molecule has 0 heterocycles. The fourth-order valence-corrected chi connectivity index (χ4v) is 2.14. The summed E-state index contributed by atoms with van der Waals surface area (Å²) in [4.78, 5) is 10.7. The highest BCUT2D eigenvalue weighted by Crippen LogP contribution is 2.29. The minimum atomic E-state index is -0.816. The molecule has 1 aromatic rings. The first kappa shape index (κ1) is 13.2. The predicted octanol–water partition coefficient (Wildman–Crippen LogP) is 3.63. The van der Waals surface area contributed by atoms with Gasteiger partial charge < -0.3 is 5.11 Å². The molecule has 0 aromatic heterocycles. The molecule has 0 unspecified atom stereocenters. The summed E-state index contributed by atoms with van der Waals surface area (Å²) >= 11 is 3.28. The monoisotopic (exact) mass is 288 g/mol. The van der Waals surface area contributed by atoms with Crippen LogP contribution in [0, 0.1) is 11.2 Å². The van der Waals surface area contributed by atoms with Gasteiger partial charge in [-0.2, -0.15) is 0 Å². The van der Waals surface area contributed by atoms with Crippen molar-refractivity contribution >= 4 is 21.9 Å². The van der Waals surface area contributed by atoms with E-state index in [1.165, 1.54) is 12.1 Å². The smallest absolute Gasteiger partial charge is 0.303 e. The van der Waals surface area contributed by atoms with Gasteiger partial charge in [-0.3, -0.25) is 4.79 Å². The van der Waals surface area contributed by atoms with Gasteiger partial charge in [0.15, 0.2) is 0 Å². The Bertz CT molecular complexity index is 402. The van der Waals surface area contributed by atoms with Crippen LogP contribution in [-0.4, -0.2) is 11.1 Å². The summed E-state index contributed by atoms with van der Waals surface area (Å²) in [6, 6.07) is 4.46.